The molecule has 1 aliphatic heterocycles. The van der Waals surface area contributed by atoms with Crippen LogP contribution in [0.4, 0.5) is 0 Å². The van der Waals surface area contributed by atoms with Crippen molar-refractivity contribution >= 4 is 5.91 Å². The molecule has 0 N–H and O–H groups in total. The summed E-state index contributed by atoms with van der Waals surface area (Å²) in [6.45, 7) is 4.21. The molecule has 0 saturated carbocycles. The van der Waals surface area contributed by atoms with Crippen LogP contribution in [0, 0.1) is 5.92 Å². The molecule has 1 rings (SSSR count). The van der Waals surface area contributed by atoms with Crippen molar-refractivity contribution < 1.29 is 37.5 Å². The Morgan fingerprint density at radius 3 is 2.40 bits per heavy atom. The van der Waals surface area contributed by atoms with E-state index in [1.54, 1.807) is 0 Å². The first kappa shape index (κ1) is 10.6. The Labute approximate surface area is 87.0 Å². The van der Waals surface area contributed by atoms with Crippen molar-refractivity contribution in [3.63, 3.8) is 0 Å². The molecule has 1 unspecified atom stereocenters. The molecule has 0 bridgehead atoms. The number of hydrogen-bond donors (Lipinski definition) is 0. The Hall–Kier alpha value is 0.574. The quantitative estimate of drug-likeness (QED) is 0.654. The van der Waals surface area contributed by atoms with E-state index < -0.39 is 0 Å². The molecule has 1 radical (unpaired) electrons. The molecule has 0 aliphatic carbocycles. The van der Waals surface area contributed by atoms with E-state index in [1.165, 1.54) is 0 Å². The van der Waals surface area contributed by atoms with Crippen LogP contribution < -0.4 is 0 Å². The summed E-state index contributed by atoms with van der Waals surface area (Å²) in [5, 5.41) is 3.95. The second-order valence-corrected chi connectivity index (χ2v) is 2.87. The summed E-state index contributed by atoms with van der Waals surface area (Å²) >= 11 is 0. The smallest absolute Gasteiger partial charge is 0.0513 e. The second kappa shape index (κ2) is 4.45. The Balaban J connectivity index is 0.000000810. The summed E-state index contributed by atoms with van der Waals surface area (Å²) < 4.78 is 0. The van der Waals surface area contributed by atoms with E-state index in [1.807, 2.05) is 0 Å². The van der Waals surface area contributed by atoms with Crippen molar-refractivity contribution in [2.75, 3.05) is 0 Å². The molecule has 1 aliphatic rings. The van der Waals surface area contributed by atoms with Gasteiger partial charge in [0.05, 0.1) is 5.91 Å². The Morgan fingerprint density at radius 2 is 2.20 bits per heavy atom. The minimum Gasteiger partial charge on any atom is -0.651 e. The maximum absolute atomic E-state index is 10.6. The maximum atomic E-state index is 10.6. The molecule has 0 aromatic heterocycles. The van der Waals surface area contributed by atoms with Crippen LogP contribution in [-0.4, -0.2) is 11.9 Å². The van der Waals surface area contributed by atoms with E-state index in [0.717, 1.165) is 6.42 Å². The Bertz CT molecular complexity index is 125. The van der Waals surface area contributed by atoms with Gasteiger partial charge in [0, 0.05) is 32.7 Å². The summed E-state index contributed by atoms with van der Waals surface area (Å²) in [5.41, 5.74) is 0. The van der Waals surface area contributed by atoms with Gasteiger partial charge < -0.3 is 10.1 Å². The molecule has 0 aromatic carbocycles. The summed E-state index contributed by atoms with van der Waals surface area (Å²) in [6.07, 6.45) is 1.64. The third kappa shape index (κ3) is 2.67. The van der Waals surface area contributed by atoms with Gasteiger partial charge in [0.1, 0.15) is 0 Å². The number of rotatable bonds is 1. The molecule has 10 heavy (non-hydrogen) atoms. The minimum atomic E-state index is 0. The third-order valence-corrected chi connectivity index (χ3v) is 1.73. The predicted molar refractivity (Wildman–Crippen MR) is 36.2 cm³/mol. The normalized spacial score (nSPS) is 24.3. The van der Waals surface area contributed by atoms with Crippen LogP contribution >= 0.6 is 0 Å². The number of nitrogens with zero attached hydrogens (tertiary/aromatic N) is 1. The van der Waals surface area contributed by atoms with Crippen molar-refractivity contribution in [2.45, 2.75) is 32.7 Å². The number of carbonyl (C=O) groups is 1. The van der Waals surface area contributed by atoms with Gasteiger partial charge in [-0.15, -0.1) is 6.04 Å². The first-order valence-corrected chi connectivity index (χ1v) is 3.44. The first-order valence-electron chi connectivity index (χ1n) is 3.44. The fraction of sp³-hybridized carbons (Fsp3) is 0.857. The molecule has 1 amide bonds. The van der Waals surface area contributed by atoms with Crippen molar-refractivity contribution in [1.82, 2.24) is 0 Å². The SMILES string of the molecule is CC(C)C1CCC(=O)[N-]1.[Y]. The molecule has 3 heteroatoms. The number of amides is 1. The second-order valence-electron chi connectivity index (χ2n) is 2.87. The van der Waals surface area contributed by atoms with Crippen LogP contribution in [0.3, 0.4) is 0 Å². The van der Waals surface area contributed by atoms with Crippen molar-refractivity contribution in [2.24, 2.45) is 5.92 Å². The van der Waals surface area contributed by atoms with Gasteiger partial charge in [-0.05, 0) is 6.42 Å². The summed E-state index contributed by atoms with van der Waals surface area (Å²) in [5.74, 6) is 0.630. The summed E-state index contributed by atoms with van der Waals surface area (Å²) in [4.78, 5) is 10.6. The van der Waals surface area contributed by atoms with Gasteiger partial charge in [-0.25, -0.2) is 0 Å². The van der Waals surface area contributed by atoms with Gasteiger partial charge in [0.15, 0.2) is 0 Å². The van der Waals surface area contributed by atoms with E-state index in [9.17, 15) is 4.79 Å². The van der Waals surface area contributed by atoms with Crippen LogP contribution in [-0.2, 0) is 37.5 Å². The van der Waals surface area contributed by atoms with E-state index >= 15 is 0 Å². The fourth-order valence-corrected chi connectivity index (χ4v) is 1.07. The first-order chi connectivity index (χ1) is 4.20. The molecular formula is C7H12NOY-. The molecular weight excluding hydrogens is 203 g/mol. The van der Waals surface area contributed by atoms with E-state index in [-0.39, 0.29) is 38.6 Å². The standard InChI is InChI=1S/C7H13NO.Y/c1-5(2)6-3-4-7(9)8-6;/h5-6H,3-4H2,1-2H3,(H,8,9);/p-1. The number of carbonyl (C=O) groups excluding carboxylic acids is 1. The van der Waals surface area contributed by atoms with Gasteiger partial charge in [-0.2, -0.15) is 0 Å². The Morgan fingerprint density at radius 1 is 1.60 bits per heavy atom. The van der Waals surface area contributed by atoms with E-state index in [4.69, 9.17) is 0 Å². The van der Waals surface area contributed by atoms with Gasteiger partial charge in [-0.3, -0.25) is 0 Å². The van der Waals surface area contributed by atoms with E-state index in [2.05, 4.69) is 19.2 Å². The van der Waals surface area contributed by atoms with Crippen LogP contribution in [0.1, 0.15) is 26.7 Å². The zero-order valence-corrected chi connectivity index (χ0v) is 9.34. The van der Waals surface area contributed by atoms with Gasteiger partial charge in [0.2, 0.25) is 0 Å². The molecule has 1 fully saturated rings. The Kier molecular flexibility index (Phi) is 4.71. The third-order valence-electron chi connectivity index (χ3n) is 1.73. The van der Waals surface area contributed by atoms with Crippen molar-refractivity contribution in [3.05, 3.63) is 5.32 Å². The molecule has 1 atom stereocenters. The summed E-state index contributed by atoms with van der Waals surface area (Å²) in [7, 11) is 0. The maximum Gasteiger partial charge on any atom is 0.0513 e. The average Bonchev–Trinajstić information content (AvgIpc) is 2.14. The zero-order chi connectivity index (χ0) is 6.85. The fourth-order valence-electron chi connectivity index (χ4n) is 1.07. The molecule has 1 heterocycles. The molecule has 2 nitrogen and oxygen atoms in total. The topological polar surface area (TPSA) is 31.2 Å². The van der Waals surface area contributed by atoms with Crippen LogP contribution in [0.25, 0.3) is 5.32 Å². The molecule has 55 valence electrons. The van der Waals surface area contributed by atoms with Gasteiger partial charge >= 0.3 is 0 Å². The minimum absolute atomic E-state index is 0. The van der Waals surface area contributed by atoms with Gasteiger partial charge in [0.25, 0.3) is 0 Å². The molecule has 1 saturated heterocycles. The van der Waals surface area contributed by atoms with Crippen molar-refractivity contribution in [1.29, 1.82) is 0 Å². The van der Waals surface area contributed by atoms with Crippen LogP contribution in [0.2, 0.25) is 0 Å². The monoisotopic (exact) mass is 215 g/mol. The van der Waals surface area contributed by atoms with Gasteiger partial charge in [-0.1, -0.05) is 26.2 Å². The molecule has 0 aromatic rings. The predicted octanol–water partition coefficient (Wildman–Crippen LogP) is 1.70. The number of hydrogen-bond acceptors (Lipinski definition) is 1. The largest absolute Gasteiger partial charge is 0.651 e. The zero-order valence-electron chi connectivity index (χ0n) is 6.50. The van der Waals surface area contributed by atoms with Crippen LogP contribution in [0.15, 0.2) is 0 Å². The van der Waals surface area contributed by atoms with Crippen molar-refractivity contribution in [3.8, 4) is 0 Å². The summed E-state index contributed by atoms with van der Waals surface area (Å²) in [6, 6.07) is 0.317. The molecule has 0 spiro atoms. The van der Waals surface area contributed by atoms with Crippen LogP contribution in [0.5, 0.6) is 0 Å². The van der Waals surface area contributed by atoms with E-state index in [0.29, 0.717) is 18.4 Å². The average molecular weight is 215 g/mol.